The van der Waals surface area contributed by atoms with Crippen LogP contribution >= 0.6 is 11.8 Å². The van der Waals surface area contributed by atoms with Crippen molar-refractivity contribution in [1.29, 1.82) is 0 Å². The molecule has 4 aliphatic carbocycles. The fourth-order valence-electron chi connectivity index (χ4n) is 7.54. The van der Waals surface area contributed by atoms with Gasteiger partial charge in [0.25, 0.3) is 0 Å². The minimum atomic E-state index is -1.68. The first-order valence-electron chi connectivity index (χ1n) is 10.5. The molecule has 4 aliphatic rings. The average Bonchev–Trinajstić information content (AvgIpc) is 2.90. The molecule has 2 nitrogen and oxygen atoms in total. The molecule has 0 aromatic carbocycles. The van der Waals surface area contributed by atoms with Gasteiger partial charge < -0.3 is 5.11 Å². The Morgan fingerprint density at radius 1 is 1.30 bits per heavy atom. The van der Waals surface area contributed by atoms with Gasteiger partial charge in [0, 0.05) is 16.1 Å². The maximum Gasteiger partial charge on any atom is 0.178 e. The third kappa shape index (κ3) is 2.26. The summed E-state index contributed by atoms with van der Waals surface area (Å²) in [5, 5.41) is 11.3. The number of alkyl halides is 1. The Bertz CT molecular complexity index is 717. The smallest absolute Gasteiger partial charge is 0.178 e. The van der Waals surface area contributed by atoms with Crippen LogP contribution in [0, 0.1) is 22.7 Å². The number of halogens is 1. The monoisotopic (exact) mass is 392 g/mol. The van der Waals surface area contributed by atoms with Crippen LogP contribution < -0.4 is 0 Å². The molecule has 3 saturated carbocycles. The second-order valence-electron chi connectivity index (χ2n) is 9.75. The Morgan fingerprint density at radius 2 is 2.04 bits per heavy atom. The Morgan fingerprint density at radius 3 is 2.70 bits per heavy atom. The molecule has 0 aromatic heterocycles. The molecule has 4 heteroatoms. The fraction of sp³-hybridized carbons (Fsp3) is 0.783. The zero-order valence-electron chi connectivity index (χ0n) is 17.1. The standard InChI is InChI=1S/C23H33FO2S/c1-5-10-22(27-4)12-9-17-18-7-6-15-13-16(25)8-11-20(15,2)23(18,24)19(26)14-21(17,22)3/h8,11,13,17-19,26H,5-7,9-10,12,14H2,1-4H3/t17-,18-,19-,20-,21-,22+,23?/m0/s1. The minimum absolute atomic E-state index is 0.0339. The molecule has 0 radical (unpaired) electrons. The van der Waals surface area contributed by atoms with E-state index in [1.54, 1.807) is 12.2 Å². The van der Waals surface area contributed by atoms with Gasteiger partial charge in [0.2, 0.25) is 0 Å². The molecule has 1 N–H and O–H groups in total. The van der Waals surface area contributed by atoms with E-state index in [0.29, 0.717) is 12.3 Å². The van der Waals surface area contributed by atoms with Crippen LogP contribution in [0.2, 0.25) is 0 Å². The van der Waals surface area contributed by atoms with E-state index in [-0.39, 0.29) is 21.9 Å². The summed E-state index contributed by atoms with van der Waals surface area (Å²) in [7, 11) is 0. The van der Waals surface area contributed by atoms with Gasteiger partial charge in [-0.2, -0.15) is 11.8 Å². The van der Waals surface area contributed by atoms with E-state index < -0.39 is 17.2 Å². The summed E-state index contributed by atoms with van der Waals surface area (Å²) in [6.45, 7) is 6.46. The molecular weight excluding hydrogens is 359 g/mol. The van der Waals surface area contributed by atoms with Crippen LogP contribution in [0.3, 0.4) is 0 Å². The van der Waals surface area contributed by atoms with Crippen LogP contribution in [0.5, 0.6) is 0 Å². The van der Waals surface area contributed by atoms with Gasteiger partial charge in [0.15, 0.2) is 11.5 Å². The Kier molecular flexibility index (Phi) is 4.52. The van der Waals surface area contributed by atoms with Gasteiger partial charge in [0.1, 0.15) is 0 Å². The first-order valence-corrected chi connectivity index (χ1v) is 11.8. The topological polar surface area (TPSA) is 37.3 Å². The van der Waals surface area contributed by atoms with Gasteiger partial charge in [-0.3, -0.25) is 4.79 Å². The van der Waals surface area contributed by atoms with Crippen LogP contribution in [-0.2, 0) is 4.79 Å². The number of carbonyl (C=O) groups excluding carboxylic acids is 1. The highest BCUT2D eigenvalue weighted by molar-refractivity contribution is 8.00. The Hall–Kier alpha value is -0.610. The van der Waals surface area contributed by atoms with Gasteiger partial charge in [-0.05, 0) is 75.2 Å². The van der Waals surface area contributed by atoms with Crippen molar-refractivity contribution in [1.82, 2.24) is 0 Å². The van der Waals surface area contributed by atoms with Gasteiger partial charge in [-0.25, -0.2) is 4.39 Å². The number of allylic oxidation sites excluding steroid dienone is 4. The van der Waals surface area contributed by atoms with E-state index in [9.17, 15) is 9.90 Å². The lowest BCUT2D eigenvalue weighted by Gasteiger charge is -2.63. The molecule has 7 atom stereocenters. The molecule has 0 aromatic rings. The van der Waals surface area contributed by atoms with E-state index in [4.69, 9.17) is 0 Å². The summed E-state index contributed by atoms with van der Waals surface area (Å²) in [5.74, 6) is 0.108. The quantitative estimate of drug-likeness (QED) is 0.712. The lowest BCUT2D eigenvalue weighted by molar-refractivity contribution is -0.192. The molecule has 150 valence electrons. The van der Waals surface area contributed by atoms with E-state index in [1.165, 1.54) is 6.08 Å². The molecule has 0 heterocycles. The van der Waals surface area contributed by atoms with Crippen LogP contribution in [0.25, 0.3) is 0 Å². The highest BCUT2D eigenvalue weighted by Crippen LogP contribution is 2.72. The van der Waals surface area contributed by atoms with E-state index >= 15 is 4.39 Å². The number of fused-ring (bicyclic) bond motifs is 5. The maximum atomic E-state index is 16.9. The minimum Gasteiger partial charge on any atom is -0.390 e. The number of thioether (sulfide) groups is 1. The summed E-state index contributed by atoms with van der Waals surface area (Å²) in [5.41, 5.74) is -1.70. The van der Waals surface area contributed by atoms with Crippen molar-refractivity contribution in [2.24, 2.45) is 22.7 Å². The molecule has 0 bridgehead atoms. The number of hydrogen-bond acceptors (Lipinski definition) is 3. The second-order valence-corrected chi connectivity index (χ2v) is 10.9. The van der Waals surface area contributed by atoms with Crippen molar-refractivity contribution >= 4 is 17.5 Å². The number of ketones is 1. The summed E-state index contributed by atoms with van der Waals surface area (Å²) < 4.78 is 17.1. The lowest BCUT2D eigenvalue weighted by Crippen LogP contribution is -2.67. The molecule has 3 fully saturated rings. The Balaban J connectivity index is 1.80. The van der Waals surface area contributed by atoms with Crippen molar-refractivity contribution in [3.8, 4) is 0 Å². The number of aliphatic hydroxyl groups excluding tert-OH is 1. The van der Waals surface area contributed by atoms with Gasteiger partial charge in [0.05, 0.1) is 6.10 Å². The Labute approximate surface area is 167 Å². The van der Waals surface area contributed by atoms with Crippen LogP contribution in [0.15, 0.2) is 23.8 Å². The molecule has 4 rings (SSSR count). The molecule has 0 amide bonds. The summed E-state index contributed by atoms with van der Waals surface area (Å²) in [6, 6.07) is 0. The molecule has 0 spiro atoms. The zero-order chi connectivity index (χ0) is 19.7. The van der Waals surface area contributed by atoms with Crippen LogP contribution in [-0.4, -0.2) is 33.7 Å². The largest absolute Gasteiger partial charge is 0.390 e. The van der Waals surface area contributed by atoms with Crippen molar-refractivity contribution in [3.63, 3.8) is 0 Å². The predicted molar refractivity (Wildman–Crippen MR) is 110 cm³/mol. The predicted octanol–water partition coefficient (Wildman–Crippen LogP) is 5.26. The SMILES string of the molecule is CCC[C@@]1(SC)CC[C@H]2[C@@H]3CCC4=CC(=O)C=C[C@]4(C)C3(F)[C@@H](O)C[C@@]21C. The van der Waals surface area contributed by atoms with Crippen molar-refractivity contribution in [2.75, 3.05) is 6.26 Å². The number of aliphatic hydroxyl groups is 1. The average molecular weight is 393 g/mol. The van der Waals surface area contributed by atoms with Crippen molar-refractivity contribution in [2.45, 2.75) is 82.2 Å². The van der Waals surface area contributed by atoms with E-state index in [0.717, 1.165) is 44.1 Å². The zero-order valence-corrected chi connectivity index (χ0v) is 17.9. The lowest BCUT2D eigenvalue weighted by atomic mass is 9.45. The molecule has 27 heavy (non-hydrogen) atoms. The molecule has 1 unspecified atom stereocenters. The van der Waals surface area contributed by atoms with Crippen molar-refractivity contribution < 1.29 is 14.3 Å². The van der Waals surface area contributed by atoms with Gasteiger partial charge >= 0.3 is 0 Å². The first kappa shape index (κ1) is 19.7. The summed E-state index contributed by atoms with van der Waals surface area (Å²) in [4.78, 5) is 11.9. The fourth-order valence-corrected chi connectivity index (χ4v) is 8.97. The third-order valence-corrected chi connectivity index (χ3v) is 10.6. The second kappa shape index (κ2) is 6.19. The van der Waals surface area contributed by atoms with E-state index in [1.807, 2.05) is 18.7 Å². The van der Waals surface area contributed by atoms with E-state index in [2.05, 4.69) is 20.1 Å². The maximum absolute atomic E-state index is 16.9. The first-order chi connectivity index (χ1) is 12.7. The number of carbonyl (C=O) groups is 1. The van der Waals surface area contributed by atoms with Crippen molar-refractivity contribution in [3.05, 3.63) is 23.8 Å². The highest BCUT2D eigenvalue weighted by Gasteiger charge is 2.72. The highest BCUT2D eigenvalue weighted by atomic mass is 32.2. The third-order valence-electron chi connectivity index (χ3n) is 8.98. The van der Waals surface area contributed by atoms with Crippen LogP contribution in [0.1, 0.15) is 65.7 Å². The molecule has 0 saturated heterocycles. The molecular formula is C23H33FO2S. The van der Waals surface area contributed by atoms with Gasteiger partial charge in [-0.1, -0.05) is 31.9 Å². The summed E-state index contributed by atoms with van der Waals surface area (Å²) in [6.07, 6.45) is 12.6. The van der Waals surface area contributed by atoms with Crippen LogP contribution in [0.4, 0.5) is 4.39 Å². The summed E-state index contributed by atoms with van der Waals surface area (Å²) >= 11 is 1.95. The number of rotatable bonds is 3. The normalized spacial score (nSPS) is 51.4. The molecule has 0 aliphatic heterocycles. The van der Waals surface area contributed by atoms with Gasteiger partial charge in [-0.15, -0.1) is 0 Å². The number of hydrogen-bond donors (Lipinski definition) is 1.